The molecule has 0 radical (unpaired) electrons. The van der Waals surface area contributed by atoms with E-state index >= 15 is 0 Å². The van der Waals surface area contributed by atoms with Crippen LogP contribution in [0.25, 0.3) is 0 Å². The molecular weight excluding hydrogens is 226 g/mol. The Kier molecular flexibility index (Phi) is 5.03. The van der Waals surface area contributed by atoms with Gasteiger partial charge in [0.25, 0.3) is 0 Å². The van der Waals surface area contributed by atoms with Crippen LogP contribution < -0.4 is 11.1 Å². The Morgan fingerprint density at radius 1 is 1.41 bits per heavy atom. The molecule has 1 unspecified atom stereocenters. The predicted molar refractivity (Wildman–Crippen MR) is 62.4 cm³/mol. The van der Waals surface area contributed by atoms with Crippen molar-refractivity contribution in [1.82, 2.24) is 0 Å². The van der Waals surface area contributed by atoms with Crippen molar-refractivity contribution >= 4 is 11.6 Å². The van der Waals surface area contributed by atoms with Gasteiger partial charge < -0.3 is 11.1 Å². The first kappa shape index (κ1) is 13.6. The number of nitrogens with one attached hydrogen (secondary N) is 1. The maximum absolute atomic E-state index is 13.3. The molecule has 0 spiro atoms. The number of amides is 1. The third-order valence-corrected chi connectivity index (χ3v) is 2.50. The van der Waals surface area contributed by atoms with Gasteiger partial charge in [0.05, 0.1) is 0 Å². The van der Waals surface area contributed by atoms with Gasteiger partial charge in [0, 0.05) is 5.92 Å². The summed E-state index contributed by atoms with van der Waals surface area (Å²) in [6, 6.07) is 3.45. The van der Waals surface area contributed by atoms with Crippen molar-refractivity contribution in [1.29, 1.82) is 0 Å². The van der Waals surface area contributed by atoms with Crippen molar-refractivity contribution in [3.8, 4) is 0 Å². The van der Waals surface area contributed by atoms with Gasteiger partial charge in [0.15, 0.2) is 0 Å². The molecule has 0 aliphatic rings. The topological polar surface area (TPSA) is 55.1 Å². The van der Waals surface area contributed by atoms with Crippen LogP contribution in [0.2, 0.25) is 0 Å². The third-order valence-electron chi connectivity index (χ3n) is 2.50. The molecule has 3 nitrogen and oxygen atoms in total. The molecule has 0 saturated carbocycles. The number of hydrogen-bond acceptors (Lipinski definition) is 2. The Hall–Kier alpha value is -1.49. The summed E-state index contributed by atoms with van der Waals surface area (Å²) in [6.45, 7) is 2.19. The number of hydrogen-bond donors (Lipinski definition) is 2. The van der Waals surface area contributed by atoms with E-state index in [0.29, 0.717) is 19.4 Å². The summed E-state index contributed by atoms with van der Waals surface area (Å²) in [7, 11) is 0. The zero-order valence-electron chi connectivity index (χ0n) is 9.67. The molecule has 0 heterocycles. The second-order valence-electron chi connectivity index (χ2n) is 3.92. The van der Waals surface area contributed by atoms with Crippen molar-refractivity contribution < 1.29 is 13.6 Å². The maximum atomic E-state index is 13.3. The maximum Gasteiger partial charge on any atom is 0.227 e. The normalized spacial score (nSPS) is 12.2. The van der Waals surface area contributed by atoms with Crippen molar-refractivity contribution in [3.05, 3.63) is 29.8 Å². The molecule has 0 fully saturated rings. The molecule has 17 heavy (non-hydrogen) atoms. The Morgan fingerprint density at radius 2 is 2.00 bits per heavy atom. The number of anilines is 1. The standard InChI is InChI=1S/C12H16F2N2O/c1-8(4-3-7-15)12(17)16-11-9(13)5-2-6-10(11)14/h2,5-6,8H,3-4,7,15H2,1H3,(H,16,17). The molecule has 0 aliphatic carbocycles. The molecular formula is C12H16F2N2O. The second-order valence-corrected chi connectivity index (χ2v) is 3.92. The quantitative estimate of drug-likeness (QED) is 0.832. The SMILES string of the molecule is CC(CCCN)C(=O)Nc1c(F)cccc1F. The largest absolute Gasteiger partial charge is 0.330 e. The predicted octanol–water partition coefficient (Wildman–Crippen LogP) is 2.28. The molecule has 1 amide bonds. The van der Waals surface area contributed by atoms with Gasteiger partial charge in [-0.3, -0.25) is 4.79 Å². The molecule has 0 aliphatic heterocycles. The number of nitrogens with two attached hydrogens (primary N) is 1. The highest BCUT2D eigenvalue weighted by Gasteiger charge is 2.16. The molecule has 5 heteroatoms. The van der Waals surface area contributed by atoms with Crippen LogP contribution in [0.4, 0.5) is 14.5 Å². The molecule has 0 saturated heterocycles. The van der Waals surface area contributed by atoms with E-state index in [1.165, 1.54) is 6.07 Å². The van der Waals surface area contributed by atoms with Crippen molar-refractivity contribution in [2.45, 2.75) is 19.8 Å². The average Bonchev–Trinajstić information content (AvgIpc) is 2.30. The van der Waals surface area contributed by atoms with E-state index in [9.17, 15) is 13.6 Å². The average molecular weight is 242 g/mol. The minimum atomic E-state index is -0.774. The fraction of sp³-hybridized carbons (Fsp3) is 0.417. The van der Waals surface area contributed by atoms with Crippen molar-refractivity contribution in [3.63, 3.8) is 0 Å². The van der Waals surface area contributed by atoms with Crippen LogP contribution in [0.15, 0.2) is 18.2 Å². The Balaban J connectivity index is 2.68. The number of carbonyl (C=O) groups excluding carboxylic acids is 1. The van der Waals surface area contributed by atoms with E-state index < -0.39 is 23.2 Å². The van der Waals surface area contributed by atoms with E-state index in [4.69, 9.17) is 5.73 Å². The highest BCUT2D eigenvalue weighted by molar-refractivity contribution is 5.92. The first-order valence-electron chi connectivity index (χ1n) is 5.51. The summed E-state index contributed by atoms with van der Waals surface area (Å²) < 4.78 is 26.5. The van der Waals surface area contributed by atoms with E-state index in [0.717, 1.165) is 12.1 Å². The van der Waals surface area contributed by atoms with Crippen LogP contribution in [-0.2, 0) is 4.79 Å². The molecule has 1 rings (SSSR count). The summed E-state index contributed by atoms with van der Waals surface area (Å²) in [6.07, 6.45) is 1.30. The summed E-state index contributed by atoms with van der Waals surface area (Å²) in [5, 5.41) is 2.26. The number of halogens is 2. The van der Waals surface area contributed by atoms with E-state index in [1.807, 2.05) is 0 Å². The lowest BCUT2D eigenvalue weighted by molar-refractivity contribution is -0.119. The number of para-hydroxylation sites is 1. The first-order chi connectivity index (χ1) is 8.06. The Morgan fingerprint density at radius 3 is 2.53 bits per heavy atom. The van der Waals surface area contributed by atoms with Crippen LogP contribution in [0.3, 0.4) is 0 Å². The van der Waals surface area contributed by atoms with Crippen LogP contribution in [0, 0.1) is 17.6 Å². The highest BCUT2D eigenvalue weighted by atomic mass is 19.1. The molecule has 3 N–H and O–H groups in total. The molecule has 1 aromatic carbocycles. The second kappa shape index (κ2) is 6.30. The van der Waals surface area contributed by atoms with Crippen LogP contribution >= 0.6 is 0 Å². The fourth-order valence-corrected chi connectivity index (χ4v) is 1.42. The summed E-state index contributed by atoms with van der Waals surface area (Å²) in [5.41, 5.74) is 4.93. The minimum Gasteiger partial charge on any atom is -0.330 e. The first-order valence-corrected chi connectivity index (χ1v) is 5.51. The molecule has 0 aromatic heterocycles. The van der Waals surface area contributed by atoms with E-state index in [1.54, 1.807) is 6.92 Å². The van der Waals surface area contributed by atoms with Gasteiger partial charge in [-0.25, -0.2) is 8.78 Å². The van der Waals surface area contributed by atoms with Crippen LogP contribution in [0.5, 0.6) is 0 Å². The van der Waals surface area contributed by atoms with Gasteiger partial charge in [0.1, 0.15) is 17.3 Å². The number of benzene rings is 1. The Labute approximate surface area is 99.0 Å². The molecule has 0 bridgehead atoms. The van der Waals surface area contributed by atoms with Gasteiger partial charge in [-0.15, -0.1) is 0 Å². The lowest BCUT2D eigenvalue weighted by atomic mass is 10.0. The third kappa shape index (κ3) is 3.78. The number of rotatable bonds is 5. The van der Waals surface area contributed by atoms with Crippen LogP contribution in [0.1, 0.15) is 19.8 Å². The molecule has 1 atom stereocenters. The van der Waals surface area contributed by atoms with Gasteiger partial charge in [-0.05, 0) is 31.5 Å². The summed E-state index contributed by atoms with van der Waals surface area (Å²) >= 11 is 0. The zero-order valence-corrected chi connectivity index (χ0v) is 9.67. The van der Waals surface area contributed by atoms with Crippen molar-refractivity contribution in [2.75, 3.05) is 11.9 Å². The van der Waals surface area contributed by atoms with Crippen molar-refractivity contribution in [2.24, 2.45) is 11.7 Å². The lowest BCUT2D eigenvalue weighted by Gasteiger charge is -2.12. The van der Waals surface area contributed by atoms with E-state index in [2.05, 4.69) is 5.32 Å². The Bertz CT molecular complexity index is 376. The van der Waals surface area contributed by atoms with Gasteiger partial charge in [-0.2, -0.15) is 0 Å². The van der Waals surface area contributed by atoms with Crippen LogP contribution in [-0.4, -0.2) is 12.5 Å². The van der Waals surface area contributed by atoms with Gasteiger partial charge in [0.2, 0.25) is 5.91 Å². The lowest BCUT2D eigenvalue weighted by Crippen LogP contribution is -2.22. The smallest absolute Gasteiger partial charge is 0.227 e. The fourth-order valence-electron chi connectivity index (χ4n) is 1.42. The summed E-state index contributed by atoms with van der Waals surface area (Å²) in [5.74, 6) is -2.27. The monoisotopic (exact) mass is 242 g/mol. The minimum absolute atomic E-state index is 0.322. The molecule has 94 valence electrons. The van der Waals surface area contributed by atoms with Gasteiger partial charge in [-0.1, -0.05) is 13.0 Å². The van der Waals surface area contributed by atoms with E-state index in [-0.39, 0.29) is 5.92 Å². The number of carbonyl (C=O) groups is 1. The zero-order chi connectivity index (χ0) is 12.8. The van der Waals surface area contributed by atoms with Gasteiger partial charge >= 0.3 is 0 Å². The highest BCUT2D eigenvalue weighted by Crippen LogP contribution is 2.19. The summed E-state index contributed by atoms with van der Waals surface area (Å²) in [4.78, 5) is 11.6. The molecule has 1 aromatic rings.